The predicted molar refractivity (Wildman–Crippen MR) is 95.6 cm³/mol. The van der Waals surface area contributed by atoms with Gasteiger partial charge >= 0.3 is 0 Å². The molecule has 0 spiro atoms. The Labute approximate surface area is 146 Å². The monoisotopic (exact) mass is 343 g/mol. The summed E-state index contributed by atoms with van der Waals surface area (Å²) in [4.78, 5) is 12.9. The maximum Gasteiger partial charge on any atom is 0.203 e. The molecular weight excluding hydrogens is 322 g/mol. The number of rotatable bonds is 7. The van der Waals surface area contributed by atoms with Gasteiger partial charge in [0.1, 0.15) is 5.75 Å². The maximum atomic E-state index is 12.9. The molecule has 0 saturated carbocycles. The van der Waals surface area contributed by atoms with E-state index in [9.17, 15) is 4.79 Å². The van der Waals surface area contributed by atoms with Crippen molar-refractivity contribution in [1.82, 2.24) is 0 Å². The number of hydrogen-bond donors (Lipinski definition) is 1. The van der Waals surface area contributed by atoms with Gasteiger partial charge in [0.2, 0.25) is 5.75 Å². The van der Waals surface area contributed by atoms with Crippen LogP contribution in [0.1, 0.15) is 15.9 Å². The van der Waals surface area contributed by atoms with Crippen molar-refractivity contribution in [2.75, 3.05) is 28.4 Å². The van der Waals surface area contributed by atoms with Gasteiger partial charge in [0.05, 0.1) is 28.4 Å². The number of allylic oxidation sites excluding steroid dienone is 1. The lowest BCUT2D eigenvalue weighted by molar-refractivity contribution is 0.105. The number of ketones is 1. The number of benzene rings is 2. The minimum Gasteiger partial charge on any atom is -0.497 e. The van der Waals surface area contributed by atoms with E-state index in [0.717, 1.165) is 0 Å². The highest BCUT2D eigenvalue weighted by atomic mass is 16.5. The maximum absolute atomic E-state index is 12.9. The standard InChI is InChI=1S/C19H21NO5/c1-22-14-7-5-12(6-8-14)15(11-20)18(21)13-9-16(23-2)19(25-4)17(10-13)24-3/h5-11H,20H2,1-4H3. The van der Waals surface area contributed by atoms with E-state index in [1.807, 2.05) is 0 Å². The number of Topliss-reactive ketones (excluding diaryl/α,β-unsaturated/α-hetero) is 1. The first-order valence-electron chi connectivity index (χ1n) is 7.50. The molecule has 132 valence electrons. The number of carbonyl (C=O) groups is 1. The van der Waals surface area contributed by atoms with Gasteiger partial charge in [0.25, 0.3) is 0 Å². The van der Waals surface area contributed by atoms with Gasteiger partial charge in [-0.2, -0.15) is 0 Å². The first-order chi connectivity index (χ1) is 12.1. The second-order valence-corrected chi connectivity index (χ2v) is 5.05. The molecule has 0 saturated heterocycles. The lowest BCUT2D eigenvalue weighted by atomic mass is 9.97. The third kappa shape index (κ3) is 3.68. The average Bonchev–Trinajstić information content (AvgIpc) is 2.67. The van der Waals surface area contributed by atoms with E-state index < -0.39 is 0 Å². The average molecular weight is 343 g/mol. The summed E-state index contributed by atoms with van der Waals surface area (Å²) in [6.07, 6.45) is 1.29. The Morgan fingerprint density at radius 3 is 1.80 bits per heavy atom. The number of hydrogen-bond acceptors (Lipinski definition) is 6. The largest absolute Gasteiger partial charge is 0.497 e. The van der Waals surface area contributed by atoms with Crippen molar-refractivity contribution < 1.29 is 23.7 Å². The fraction of sp³-hybridized carbons (Fsp3) is 0.211. The van der Waals surface area contributed by atoms with Crippen LogP contribution in [0.3, 0.4) is 0 Å². The quantitative estimate of drug-likeness (QED) is 0.615. The zero-order chi connectivity index (χ0) is 18.4. The Kier molecular flexibility index (Phi) is 5.89. The van der Waals surface area contributed by atoms with Crippen LogP contribution in [0.4, 0.5) is 0 Å². The minimum absolute atomic E-state index is 0.257. The van der Waals surface area contributed by atoms with Crippen LogP contribution < -0.4 is 24.7 Å². The van der Waals surface area contributed by atoms with Crippen LogP contribution in [0.5, 0.6) is 23.0 Å². The van der Waals surface area contributed by atoms with Crippen molar-refractivity contribution in [3.05, 3.63) is 53.7 Å². The van der Waals surface area contributed by atoms with Crippen molar-refractivity contribution >= 4 is 11.4 Å². The molecule has 0 aromatic heterocycles. The normalized spacial score (nSPS) is 11.0. The molecule has 0 fully saturated rings. The zero-order valence-electron chi connectivity index (χ0n) is 14.7. The summed E-state index contributed by atoms with van der Waals surface area (Å²) >= 11 is 0. The highest BCUT2D eigenvalue weighted by Gasteiger charge is 2.20. The molecule has 6 heteroatoms. The zero-order valence-corrected chi connectivity index (χ0v) is 14.7. The van der Waals surface area contributed by atoms with Gasteiger partial charge in [-0.1, -0.05) is 12.1 Å². The van der Waals surface area contributed by atoms with Crippen molar-refractivity contribution in [3.8, 4) is 23.0 Å². The van der Waals surface area contributed by atoms with E-state index in [1.165, 1.54) is 27.5 Å². The molecule has 2 N–H and O–H groups in total. The number of ether oxygens (including phenoxy) is 4. The Bertz CT molecular complexity index is 756. The Morgan fingerprint density at radius 2 is 1.40 bits per heavy atom. The summed E-state index contributed by atoms with van der Waals surface area (Å²) in [7, 11) is 6.07. The van der Waals surface area contributed by atoms with E-state index in [1.54, 1.807) is 43.5 Å². The predicted octanol–water partition coefficient (Wildman–Crippen LogP) is 2.90. The van der Waals surface area contributed by atoms with Crippen molar-refractivity contribution in [2.45, 2.75) is 0 Å². The SMILES string of the molecule is COc1ccc(C(=CN)C(=O)c2cc(OC)c(OC)c(OC)c2)cc1. The molecule has 0 unspecified atom stereocenters. The summed E-state index contributed by atoms with van der Waals surface area (Å²) in [5.41, 5.74) is 7.13. The third-order valence-electron chi connectivity index (χ3n) is 3.74. The van der Waals surface area contributed by atoms with Crippen LogP contribution in [0.15, 0.2) is 42.6 Å². The van der Waals surface area contributed by atoms with E-state index in [-0.39, 0.29) is 5.78 Å². The van der Waals surface area contributed by atoms with Crippen LogP contribution in [-0.2, 0) is 0 Å². The lowest BCUT2D eigenvalue weighted by Gasteiger charge is -2.14. The van der Waals surface area contributed by atoms with E-state index in [4.69, 9.17) is 24.7 Å². The number of nitrogens with two attached hydrogens (primary N) is 1. The number of carbonyl (C=O) groups excluding carboxylic acids is 1. The van der Waals surface area contributed by atoms with Crippen LogP contribution in [-0.4, -0.2) is 34.2 Å². The summed E-state index contributed by atoms with van der Waals surface area (Å²) in [6.45, 7) is 0. The molecule has 0 amide bonds. The van der Waals surface area contributed by atoms with Gasteiger partial charge in [-0.15, -0.1) is 0 Å². The molecule has 2 aromatic rings. The molecule has 0 bridgehead atoms. The first-order valence-corrected chi connectivity index (χ1v) is 7.50. The molecule has 0 atom stereocenters. The molecule has 0 aliphatic heterocycles. The van der Waals surface area contributed by atoms with E-state index in [0.29, 0.717) is 39.7 Å². The molecule has 2 aromatic carbocycles. The molecular formula is C19H21NO5. The molecule has 0 aliphatic rings. The Hall–Kier alpha value is -3.15. The van der Waals surface area contributed by atoms with Gasteiger partial charge in [0, 0.05) is 17.3 Å². The summed E-state index contributed by atoms with van der Waals surface area (Å²) in [5, 5.41) is 0. The van der Waals surface area contributed by atoms with Gasteiger partial charge in [-0.25, -0.2) is 0 Å². The lowest BCUT2D eigenvalue weighted by Crippen LogP contribution is -2.07. The van der Waals surface area contributed by atoms with Crippen molar-refractivity contribution in [2.24, 2.45) is 5.73 Å². The van der Waals surface area contributed by atoms with Crippen LogP contribution in [0.25, 0.3) is 5.57 Å². The van der Waals surface area contributed by atoms with Crippen LogP contribution in [0, 0.1) is 0 Å². The Balaban J connectivity index is 2.46. The Morgan fingerprint density at radius 1 is 0.840 bits per heavy atom. The van der Waals surface area contributed by atoms with Gasteiger partial charge in [-0.3, -0.25) is 4.79 Å². The molecule has 0 heterocycles. The third-order valence-corrected chi connectivity index (χ3v) is 3.74. The summed E-state index contributed by atoms with van der Waals surface area (Å²) in [5.74, 6) is 1.66. The van der Waals surface area contributed by atoms with E-state index >= 15 is 0 Å². The van der Waals surface area contributed by atoms with Crippen molar-refractivity contribution in [1.29, 1.82) is 0 Å². The molecule has 2 rings (SSSR count). The fourth-order valence-corrected chi connectivity index (χ4v) is 2.44. The topological polar surface area (TPSA) is 80.0 Å². The van der Waals surface area contributed by atoms with Gasteiger partial charge in [-0.05, 0) is 29.8 Å². The fourth-order valence-electron chi connectivity index (χ4n) is 2.44. The molecule has 0 radical (unpaired) electrons. The van der Waals surface area contributed by atoms with Crippen molar-refractivity contribution in [3.63, 3.8) is 0 Å². The molecule has 6 nitrogen and oxygen atoms in total. The second kappa shape index (κ2) is 8.10. The highest BCUT2D eigenvalue weighted by Crippen LogP contribution is 2.39. The minimum atomic E-state index is -0.257. The van der Waals surface area contributed by atoms with Crippen LogP contribution >= 0.6 is 0 Å². The second-order valence-electron chi connectivity index (χ2n) is 5.05. The summed E-state index contributed by atoms with van der Waals surface area (Å²) < 4.78 is 21.0. The smallest absolute Gasteiger partial charge is 0.203 e. The number of methoxy groups -OCH3 is 4. The molecule has 25 heavy (non-hydrogen) atoms. The first kappa shape index (κ1) is 18.2. The summed E-state index contributed by atoms with van der Waals surface area (Å²) in [6, 6.07) is 10.3. The van der Waals surface area contributed by atoms with Crippen LogP contribution in [0.2, 0.25) is 0 Å². The van der Waals surface area contributed by atoms with E-state index in [2.05, 4.69) is 0 Å². The van der Waals surface area contributed by atoms with Gasteiger partial charge < -0.3 is 24.7 Å². The highest BCUT2D eigenvalue weighted by molar-refractivity contribution is 6.29. The molecule has 0 aliphatic carbocycles. The van der Waals surface area contributed by atoms with Gasteiger partial charge in [0.15, 0.2) is 17.3 Å².